The SMILES string of the molecule is C=CCOCC(COc1c2ccccc2c(OCC(COCC=C)OC(=O)CCCCC)c2cc(Br)ccc12)OC(=O)CCCCC. The van der Waals surface area contributed by atoms with Gasteiger partial charge in [0.05, 0.1) is 26.4 Å². The number of carbonyl (C=O) groups excluding carboxylic acids is 2. The molecule has 2 atom stereocenters. The fourth-order valence-corrected chi connectivity index (χ4v) is 5.42. The van der Waals surface area contributed by atoms with Gasteiger partial charge in [0.1, 0.15) is 24.7 Å². The van der Waals surface area contributed by atoms with Crippen LogP contribution in [0, 0.1) is 0 Å². The molecule has 0 spiro atoms. The van der Waals surface area contributed by atoms with Gasteiger partial charge >= 0.3 is 11.9 Å². The predicted octanol–water partition coefficient (Wildman–Crippen LogP) is 8.90. The summed E-state index contributed by atoms with van der Waals surface area (Å²) < 4.78 is 36.7. The number of ether oxygens (including phenoxy) is 6. The number of esters is 2. The molecule has 0 aliphatic heterocycles. The number of hydrogen-bond acceptors (Lipinski definition) is 8. The van der Waals surface area contributed by atoms with Crippen molar-refractivity contribution in [2.24, 2.45) is 0 Å². The average molecular weight is 714 g/mol. The Balaban J connectivity index is 1.91. The van der Waals surface area contributed by atoms with Crippen LogP contribution in [-0.4, -0.2) is 63.8 Å². The lowest BCUT2D eigenvalue weighted by molar-refractivity contribution is -0.154. The highest BCUT2D eigenvalue weighted by Crippen LogP contribution is 2.44. The van der Waals surface area contributed by atoms with E-state index in [1.165, 1.54) is 0 Å². The number of hydrogen-bond donors (Lipinski definition) is 0. The maximum Gasteiger partial charge on any atom is 0.306 e. The zero-order chi connectivity index (χ0) is 33.9. The Morgan fingerprint density at radius 1 is 0.681 bits per heavy atom. The molecule has 3 rings (SSSR count). The molecule has 47 heavy (non-hydrogen) atoms. The molecule has 3 aromatic rings. The third-order valence-electron chi connectivity index (χ3n) is 7.36. The van der Waals surface area contributed by atoms with E-state index in [0.29, 0.717) is 37.6 Å². The van der Waals surface area contributed by atoms with Gasteiger partial charge in [-0.25, -0.2) is 0 Å². The third-order valence-corrected chi connectivity index (χ3v) is 7.85. The van der Waals surface area contributed by atoms with Crippen molar-refractivity contribution in [3.05, 3.63) is 72.2 Å². The first-order valence-corrected chi connectivity index (χ1v) is 17.4. The van der Waals surface area contributed by atoms with Crippen LogP contribution >= 0.6 is 15.9 Å². The minimum absolute atomic E-state index is 0.0964. The van der Waals surface area contributed by atoms with Gasteiger partial charge in [-0.3, -0.25) is 9.59 Å². The summed E-state index contributed by atoms with van der Waals surface area (Å²) in [5, 5.41) is 3.28. The first-order chi connectivity index (χ1) is 22.9. The van der Waals surface area contributed by atoms with Gasteiger partial charge in [-0.15, -0.1) is 13.2 Å². The topological polar surface area (TPSA) is 89.5 Å². The van der Waals surface area contributed by atoms with Crippen LogP contribution in [0.3, 0.4) is 0 Å². The summed E-state index contributed by atoms with van der Waals surface area (Å²) >= 11 is 3.61. The van der Waals surface area contributed by atoms with E-state index in [0.717, 1.165) is 64.5 Å². The van der Waals surface area contributed by atoms with E-state index in [1.54, 1.807) is 12.2 Å². The molecule has 0 saturated heterocycles. The minimum atomic E-state index is -0.607. The van der Waals surface area contributed by atoms with Gasteiger partial charge in [0, 0.05) is 38.9 Å². The second kappa shape index (κ2) is 21.5. The van der Waals surface area contributed by atoms with E-state index >= 15 is 0 Å². The Kier molecular flexibility index (Phi) is 17.4. The number of rotatable bonds is 24. The molecule has 0 aliphatic carbocycles. The summed E-state index contributed by atoms with van der Waals surface area (Å²) in [6.45, 7) is 12.8. The monoisotopic (exact) mass is 712 g/mol. The Labute approximate surface area is 287 Å². The summed E-state index contributed by atoms with van der Waals surface area (Å²) in [4.78, 5) is 25.2. The zero-order valence-corrected chi connectivity index (χ0v) is 29.4. The standard InChI is InChI=1S/C38H49BrO8/c1-5-9-11-17-35(40)46-29(24-42-21-7-3)26-44-37-31-15-13-14-16-32(31)38(34-23-28(39)19-20-33(34)37)45-27-30(25-43-22-8-4)47-36(41)18-12-10-6-2/h7-8,13-16,19-20,23,29-30H,3-6,9-12,17-18,21-22,24-27H2,1-2H3. The maximum absolute atomic E-state index is 12.6. The number of benzene rings is 3. The van der Waals surface area contributed by atoms with Crippen molar-refractivity contribution in [1.82, 2.24) is 0 Å². The van der Waals surface area contributed by atoms with E-state index in [2.05, 4.69) is 42.9 Å². The molecular formula is C38H49BrO8. The molecule has 0 amide bonds. The van der Waals surface area contributed by atoms with Crippen molar-refractivity contribution >= 4 is 49.4 Å². The van der Waals surface area contributed by atoms with Gasteiger partial charge in [-0.05, 0) is 31.0 Å². The Morgan fingerprint density at radius 3 is 1.62 bits per heavy atom. The van der Waals surface area contributed by atoms with Gasteiger partial charge in [-0.2, -0.15) is 0 Å². The van der Waals surface area contributed by atoms with E-state index < -0.39 is 12.2 Å². The van der Waals surface area contributed by atoms with Crippen molar-refractivity contribution in [2.45, 2.75) is 77.4 Å². The molecule has 256 valence electrons. The lowest BCUT2D eigenvalue weighted by Gasteiger charge is -2.23. The minimum Gasteiger partial charge on any atom is -0.488 e. The predicted molar refractivity (Wildman–Crippen MR) is 190 cm³/mol. The Bertz CT molecular complexity index is 1440. The molecule has 9 heteroatoms. The van der Waals surface area contributed by atoms with Crippen LogP contribution in [0.2, 0.25) is 0 Å². The van der Waals surface area contributed by atoms with Crippen molar-refractivity contribution in [3.63, 3.8) is 0 Å². The molecule has 8 nitrogen and oxygen atoms in total. The Hall–Kier alpha value is -3.40. The zero-order valence-electron chi connectivity index (χ0n) is 27.8. The first-order valence-electron chi connectivity index (χ1n) is 16.6. The number of fused-ring (bicyclic) bond motifs is 2. The van der Waals surface area contributed by atoms with E-state index in [1.807, 2.05) is 42.5 Å². The van der Waals surface area contributed by atoms with Crippen LogP contribution in [0.5, 0.6) is 11.5 Å². The number of carbonyl (C=O) groups is 2. The fraction of sp³-hybridized carbons (Fsp3) is 0.474. The van der Waals surface area contributed by atoms with Crippen LogP contribution in [-0.2, 0) is 28.5 Å². The largest absolute Gasteiger partial charge is 0.488 e. The Morgan fingerprint density at radius 2 is 1.15 bits per heavy atom. The average Bonchev–Trinajstić information content (AvgIpc) is 3.06. The summed E-state index contributed by atoms with van der Waals surface area (Å²) in [5.41, 5.74) is 0. The first kappa shape index (κ1) is 38.1. The second-order valence-corrected chi connectivity index (χ2v) is 12.2. The van der Waals surface area contributed by atoms with Gasteiger partial charge in [0.25, 0.3) is 0 Å². The van der Waals surface area contributed by atoms with Gasteiger partial charge in [0.2, 0.25) is 0 Å². The third kappa shape index (κ3) is 12.6. The molecular weight excluding hydrogens is 664 g/mol. The molecule has 0 bridgehead atoms. The fourth-order valence-electron chi connectivity index (χ4n) is 5.06. The maximum atomic E-state index is 12.6. The second-order valence-electron chi connectivity index (χ2n) is 11.3. The van der Waals surface area contributed by atoms with Crippen molar-refractivity contribution < 1.29 is 38.0 Å². The normalized spacial score (nSPS) is 12.4. The van der Waals surface area contributed by atoms with Gasteiger partial charge in [-0.1, -0.05) is 91.9 Å². The molecule has 0 heterocycles. The van der Waals surface area contributed by atoms with E-state index in [9.17, 15) is 9.59 Å². The van der Waals surface area contributed by atoms with Crippen molar-refractivity contribution in [2.75, 3.05) is 39.6 Å². The highest BCUT2D eigenvalue weighted by molar-refractivity contribution is 9.10. The number of halogens is 1. The van der Waals surface area contributed by atoms with E-state index in [4.69, 9.17) is 28.4 Å². The van der Waals surface area contributed by atoms with E-state index in [-0.39, 0.29) is 38.4 Å². The molecule has 0 aromatic heterocycles. The van der Waals surface area contributed by atoms with Crippen LogP contribution in [0.1, 0.15) is 65.2 Å². The molecule has 0 radical (unpaired) electrons. The summed E-state index contributed by atoms with van der Waals surface area (Å²) in [5.74, 6) is 0.732. The van der Waals surface area contributed by atoms with Crippen LogP contribution in [0.4, 0.5) is 0 Å². The summed E-state index contributed by atoms with van der Waals surface area (Å²) in [7, 11) is 0. The smallest absolute Gasteiger partial charge is 0.306 e. The summed E-state index contributed by atoms with van der Waals surface area (Å²) in [6, 6.07) is 13.7. The number of unbranched alkanes of at least 4 members (excludes halogenated alkanes) is 4. The highest BCUT2D eigenvalue weighted by atomic mass is 79.9. The van der Waals surface area contributed by atoms with Crippen LogP contribution < -0.4 is 9.47 Å². The molecule has 0 aliphatic rings. The molecule has 0 saturated carbocycles. The lowest BCUT2D eigenvalue weighted by atomic mass is 10.0. The quantitative estimate of drug-likeness (QED) is 0.0394. The van der Waals surface area contributed by atoms with Crippen LogP contribution in [0.25, 0.3) is 21.5 Å². The molecule has 2 unspecified atom stereocenters. The van der Waals surface area contributed by atoms with Gasteiger partial charge in [0.15, 0.2) is 12.2 Å². The van der Waals surface area contributed by atoms with Crippen molar-refractivity contribution in [3.8, 4) is 11.5 Å². The van der Waals surface area contributed by atoms with Gasteiger partial charge < -0.3 is 28.4 Å². The lowest BCUT2D eigenvalue weighted by Crippen LogP contribution is -2.30. The highest BCUT2D eigenvalue weighted by Gasteiger charge is 2.22. The molecule has 0 N–H and O–H groups in total. The van der Waals surface area contributed by atoms with Crippen molar-refractivity contribution in [1.29, 1.82) is 0 Å². The molecule has 3 aromatic carbocycles. The van der Waals surface area contributed by atoms with Crippen LogP contribution in [0.15, 0.2) is 72.2 Å². The summed E-state index contributed by atoms with van der Waals surface area (Å²) in [6.07, 6.45) is 8.33. The molecule has 0 fully saturated rings.